The van der Waals surface area contributed by atoms with E-state index in [1.165, 1.54) is 29.7 Å². The summed E-state index contributed by atoms with van der Waals surface area (Å²) >= 11 is 1.24. The van der Waals surface area contributed by atoms with Gasteiger partial charge in [-0.3, -0.25) is 15.0 Å². The summed E-state index contributed by atoms with van der Waals surface area (Å²) in [4.78, 5) is 20.9. The Morgan fingerprint density at radius 1 is 1.17 bits per heavy atom. The molecule has 10 heteroatoms. The number of nitrogens with one attached hydrogen (secondary N) is 1. The van der Waals surface area contributed by atoms with Gasteiger partial charge in [-0.2, -0.15) is 0 Å². The molecular weight excluding hydrogens is 410 g/mol. The van der Waals surface area contributed by atoms with E-state index in [0.29, 0.717) is 16.3 Å². The van der Waals surface area contributed by atoms with Crippen LogP contribution in [0.4, 0.5) is 19.7 Å². The summed E-state index contributed by atoms with van der Waals surface area (Å²) in [7, 11) is 0. The number of piperazine rings is 1. The third-order valence-corrected chi connectivity index (χ3v) is 5.80. The van der Waals surface area contributed by atoms with Crippen LogP contribution in [0.3, 0.4) is 0 Å². The topological polar surface area (TPSA) is 74.2 Å². The van der Waals surface area contributed by atoms with Crippen molar-refractivity contribution in [3.8, 4) is 0 Å². The first kappa shape index (κ1) is 20.3. The van der Waals surface area contributed by atoms with Crippen LogP contribution in [0.15, 0.2) is 42.0 Å². The number of carbonyl (C=O) groups is 1. The van der Waals surface area contributed by atoms with Gasteiger partial charge in [0.1, 0.15) is 23.0 Å². The molecule has 0 radical (unpaired) electrons. The molecule has 1 amide bonds. The molecule has 0 spiro atoms. The molecule has 3 heterocycles. The van der Waals surface area contributed by atoms with E-state index >= 15 is 0 Å². The Morgan fingerprint density at radius 3 is 2.60 bits per heavy atom. The smallest absolute Gasteiger partial charge is 0.259 e. The Labute approximate surface area is 176 Å². The molecule has 30 heavy (non-hydrogen) atoms. The zero-order chi connectivity index (χ0) is 21.1. The molecule has 1 saturated heterocycles. The second-order valence-electron chi connectivity index (χ2n) is 6.97. The normalized spacial score (nSPS) is 15.8. The van der Waals surface area contributed by atoms with Gasteiger partial charge in [0, 0.05) is 50.0 Å². The minimum atomic E-state index is -0.570. The molecule has 0 aliphatic carbocycles. The first-order chi connectivity index (χ1) is 14.5. The number of hydrogen-bond acceptors (Lipinski definition) is 7. The highest BCUT2D eigenvalue weighted by Crippen LogP contribution is 2.25. The van der Waals surface area contributed by atoms with Crippen LogP contribution in [0, 0.1) is 11.6 Å². The number of halogens is 2. The van der Waals surface area contributed by atoms with Crippen molar-refractivity contribution in [2.75, 3.05) is 36.4 Å². The first-order valence-electron chi connectivity index (χ1n) is 9.49. The highest BCUT2D eigenvalue weighted by Gasteiger charge is 2.24. The van der Waals surface area contributed by atoms with E-state index in [9.17, 15) is 13.6 Å². The molecule has 156 valence electrons. The Morgan fingerprint density at radius 2 is 1.97 bits per heavy atom. The molecule has 1 atom stereocenters. The number of anilines is 2. The number of carbonyl (C=O) groups excluding carboxylic acids is 1. The third kappa shape index (κ3) is 4.44. The average Bonchev–Trinajstić information content (AvgIpc) is 3.26. The van der Waals surface area contributed by atoms with E-state index < -0.39 is 11.6 Å². The number of rotatable bonds is 5. The van der Waals surface area contributed by atoms with Crippen LogP contribution in [0.1, 0.15) is 28.9 Å². The van der Waals surface area contributed by atoms with Crippen molar-refractivity contribution < 1.29 is 13.6 Å². The number of amides is 1. The highest BCUT2D eigenvalue weighted by atomic mass is 32.1. The lowest BCUT2D eigenvalue weighted by atomic mass is 10.1. The number of benzene rings is 1. The highest BCUT2D eigenvalue weighted by molar-refractivity contribution is 7.13. The molecule has 3 aromatic rings. The molecule has 1 aliphatic heterocycles. The van der Waals surface area contributed by atoms with Crippen LogP contribution in [0.5, 0.6) is 0 Å². The van der Waals surface area contributed by atoms with Gasteiger partial charge in [0.25, 0.3) is 5.91 Å². The summed E-state index contributed by atoms with van der Waals surface area (Å²) in [5, 5.41) is 10.6. The minimum absolute atomic E-state index is 0.146. The molecule has 1 aromatic carbocycles. The third-order valence-electron chi connectivity index (χ3n) is 5.19. The fourth-order valence-electron chi connectivity index (χ4n) is 3.48. The second kappa shape index (κ2) is 8.80. The van der Waals surface area contributed by atoms with Crippen molar-refractivity contribution >= 4 is 28.2 Å². The fourth-order valence-corrected chi connectivity index (χ4v) is 3.92. The fraction of sp³-hybridized carbons (Fsp3) is 0.300. The predicted molar refractivity (Wildman–Crippen MR) is 111 cm³/mol. The summed E-state index contributed by atoms with van der Waals surface area (Å²) in [5.74, 6) is -0.595. The molecule has 1 aliphatic rings. The van der Waals surface area contributed by atoms with E-state index in [1.54, 1.807) is 11.6 Å². The van der Waals surface area contributed by atoms with Crippen molar-refractivity contribution in [3.05, 3.63) is 64.8 Å². The SMILES string of the molecule is CC(c1ccc(F)cc1F)N1CCN(c2ccc(C(=O)Nc3nncs3)cn2)CC1. The maximum atomic E-state index is 14.1. The summed E-state index contributed by atoms with van der Waals surface area (Å²) in [6.07, 6.45) is 1.54. The summed E-state index contributed by atoms with van der Waals surface area (Å²) in [6.45, 7) is 4.81. The van der Waals surface area contributed by atoms with Crippen LogP contribution in [-0.4, -0.2) is 52.2 Å². The molecule has 7 nitrogen and oxygen atoms in total. The van der Waals surface area contributed by atoms with Crippen LogP contribution < -0.4 is 10.2 Å². The quantitative estimate of drug-likeness (QED) is 0.669. The lowest BCUT2D eigenvalue weighted by molar-refractivity contribution is 0.102. The molecular formula is C20H20F2N6OS. The lowest BCUT2D eigenvalue weighted by Crippen LogP contribution is -2.47. The first-order valence-corrected chi connectivity index (χ1v) is 10.4. The molecule has 1 N–H and O–H groups in total. The average molecular weight is 430 g/mol. The van der Waals surface area contributed by atoms with E-state index in [0.717, 1.165) is 38.1 Å². The predicted octanol–water partition coefficient (Wildman–Crippen LogP) is 3.35. The number of nitrogens with zero attached hydrogens (tertiary/aromatic N) is 5. The molecule has 2 aromatic heterocycles. The van der Waals surface area contributed by atoms with Gasteiger partial charge >= 0.3 is 0 Å². The summed E-state index contributed by atoms with van der Waals surface area (Å²) < 4.78 is 27.3. The van der Waals surface area contributed by atoms with E-state index in [1.807, 2.05) is 13.0 Å². The van der Waals surface area contributed by atoms with Crippen LogP contribution in [0.25, 0.3) is 0 Å². The monoisotopic (exact) mass is 430 g/mol. The van der Waals surface area contributed by atoms with E-state index in [2.05, 4.69) is 30.3 Å². The number of hydrogen-bond donors (Lipinski definition) is 1. The zero-order valence-electron chi connectivity index (χ0n) is 16.3. The Balaban J connectivity index is 1.35. The lowest BCUT2D eigenvalue weighted by Gasteiger charge is -2.38. The van der Waals surface area contributed by atoms with Crippen molar-refractivity contribution in [2.45, 2.75) is 13.0 Å². The summed E-state index contributed by atoms with van der Waals surface area (Å²) in [6, 6.07) is 7.11. The van der Waals surface area contributed by atoms with Gasteiger partial charge in [-0.25, -0.2) is 13.8 Å². The Bertz CT molecular complexity index is 1010. The zero-order valence-corrected chi connectivity index (χ0v) is 17.1. The van der Waals surface area contributed by atoms with Gasteiger partial charge in [0.05, 0.1) is 5.56 Å². The number of pyridine rings is 1. The minimum Gasteiger partial charge on any atom is -0.354 e. The van der Waals surface area contributed by atoms with Crippen LogP contribution in [0.2, 0.25) is 0 Å². The molecule has 0 bridgehead atoms. The molecule has 4 rings (SSSR count). The van der Waals surface area contributed by atoms with Crippen molar-refractivity contribution in [1.82, 2.24) is 20.1 Å². The number of aromatic nitrogens is 3. The largest absolute Gasteiger partial charge is 0.354 e. The summed E-state index contributed by atoms with van der Waals surface area (Å²) in [5.41, 5.74) is 2.48. The van der Waals surface area contributed by atoms with Gasteiger partial charge in [-0.15, -0.1) is 10.2 Å². The standard InChI is InChI=1S/C20H20F2N6OS/c1-13(16-4-3-15(21)10-17(16)22)27-6-8-28(9-7-27)18-5-2-14(11-23-18)19(29)25-20-26-24-12-30-20/h2-5,10-13H,6-9H2,1H3,(H,25,26,29). The van der Waals surface area contributed by atoms with Gasteiger partial charge < -0.3 is 4.90 Å². The van der Waals surface area contributed by atoms with Gasteiger partial charge in [-0.1, -0.05) is 17.4 Å². The maximum Gasteiger partial charge on any atom is 0.259 e. The van der Waals surface area contributed by atoms with Crippen molar-refractivity contribution in [1.29, 1.82) is 0 Å². The molecule has 0 saturated carbocycles. The van der Waals surface area contributed by atoms with Crippen LogP contribution >= 0.6 is 11.3 Å². The maximum absolute atomic E-state index is 14.1. The molecule has 1 unspecified atom stereocenters. The second-order valence-corrected chi connectivity index (χ2v) is 7.80. The van der Waals surface area contributed by atoms with Crippen molar-refractivity contribution in [3.63, 3.8) is 0 Å². The Kier molecular flexibility index (Phi) is 5.96. The molecule has 1 fully saturated rings. The van der Waals surface area contributed by atoms with E-state index in [4.69, 9.17) is 0 Å². The Hall–Kier alpha value is -2.98. The van der Waals surface area contributed by atoms with E-state index in [-0.39, 0.29) is 11.9 Å². The van der Waals surface area contributed by atoms with Gasteiger partial charge in [0.15, 0.2) is 0 Å². The van der Waals surface area contributed by atoms with Gasteiger partial charge in [0.2, 0.25) is 5.13 Å². The van der Waals surface area contributed by atoms with Crippen molar-refractivity contribution in [2.24, 2.45) is 0 Å². The van der Waals surface area contributed by atoms with Crippen LogP contribution in [-0.2, 0) is 0 Å². The van der Waals surface area contributed by atoms with Gasteiger partial charge in [-0.05, 0) is 25.1 Å².